The van der Waals surface area contributed by atoms with Gasteiger partial charge in [0.25, 0.3) is 0 Å². The van der Waals surface area contributed by atoms with Crippen molar-refractivity contribution >= 4 is 5.78 Å². The summed E-state index contributed by atoms with van der Waals surface area (Å²) in [6, 6.07) is 0. The standard InChI is InChI=1S/C5H8O2.4ClH.Nb/c1-4(6)3-5(2)7;;;;;/h3,6H,1-2H3;4*1H;/p-4/b4-3-;;;;;. The van der Waals surface area contributed by atoms with Gasteiger partial charge in [0.1, 0.15) is 0 Å². The molecule has 0 atom stereocenters. The Bertz CT molecular complexity index is 114. The second-order valence-electron chi connectivity index (χ2n) is 1.40. The summed E-state index contributed by atoms with van der Waals surface area (Å²) in [5.41, 5.74) is 0. The van der Waals surface area contributed by atoms with Crippen molar-refractivity contribution in [2.24, 2.45) is 0 Å². The molecule has 0 amide bonds. The number of carbonyl (C=O) groups excluding carboxylic acids is 1. The molecule has 0 aromatic rings. The Kier molecular flexibility index (Phi) is 72.0. The van der Waals surface area contributed by atoms with E-state index in [0.29, 0.717) is 0 Å². The maximum absolute atomic E-state index is 10.0. The van der Waals surface area contributed by atoms with E-state index in [4.69, 9.17) is 5.11 Å². The van der Waals surface area contributed by atoms with Gasteiger partial charge in [-0.25, -0.2) is 0 Å². The number of carbonyl (C=O) groups is 1. The summed E-state index contributed by atoms with van der Waals surface area (Å²) in [4.78, 5) is 10.0. The predicted molar refractivity (Wildman–Crippen MR) is 27.1 cm³/mol. The van der Waals surface area contributed by atoms with Crippen LogP contribution in [0, 0.1) is 0 Å². The van der Waals surface area contributed by atoms with Crippen LogP contribution in [0.4, 0.5) is 0 Å². The second kappa shape index (κ2) is 22.7. The van der Waals surface area contributed by atoms with E-state index in [1.807, 2.05) is 0 Å². The smallest absolute Gasteiger partial charge is 0.155 e. The van der Waals surface area contributed by atoms with E-state index in [1.54, 1.807) is 0 Å². The minimum atomic E-state index is -0.125. The molecular weight excluding hydrogens is 327 g/mol. The Morgan fingerprint density at radius 1 is 1.08 bits per heavy atom. The van der Waals surface area contributed by atoms with Gasteiger partial charge < -0.3 is 54.7 Å². The van der Waals surface area contributed by atoms with Crippen LogP contribution in [-0.4, -0.2) is 10.9 Å². The Labute approximate surface area is 113 Å². The number of aliphatic hydroxyl groups is 1. The third-order valence-corrected chi connectivity index (χ3v) is 0.412. The number of hydrogen-bond acceptors (Lipinski definition) is 2. The van der Waals surface area contributed by atoms with E-state index in [9.17, 15) is 4.79 Å². The van der Waals surface area contributed by atoms with Crippen LogP contribution in [0.2, 0.25) is 0 Å². The second-order valence-corrected chi connectivity index (χ2v) is 1.40. The largest absolute Gasteiger partial charge is 1.00 e. The van der Waals surface area contributed by atoms with Crippen molar-refractivity contribution in [3.8, 4) is 0 Å². The summed E-state index contributed by atoms with van der Waals surface area (Å²) in [5, 5.41) is 8.36. The van der Waals surface area contributed by atoms with Gasteiger partial charge in [0.15, 0.2) is 5.78 Å². The molecule has 0 fully saturated rings. The number of aliphatic hydroxyl groups excluding tert-OH is 1. The van der Waals surface area contributed by atoms with Gasteiger partial charge in [-0.2, -0.15) is 0 Å². The summed E-state index contributed by atoms with van der Waals surface area (Å²) < 4.78 is 0. The Balaban J connectivity index is -0.0000000180. The Hall–Kier alpha value is 1.11. The molecule has 12 heavy (non-hydrogen) atoms. The fourth-order valence-corrected chi connectivity index (χ4v) is 0.294. The third kappa shape index (κ3) is 43.5. The third-order valence-electron chi connectivity index (χ3n) is 0.412. The first-order valence-corrected chi connectivity index (χ1v) is 2.01. The van der Waals surface area contributed by atoms with Crippen molar-refractivity contribution in [3.63, 3.8) is 0 Å². The fourth-order valence-electron chi connectivity index (χ4n) is 0.294. The monoisotopic (exact) mass is 333 g/mol. The molecule has 0 aliphatic carbocycles. The van der Waals surface area contributed by atoms with Crippen molar-refractivity contribution in [3.05, 3.63) is 11.8 Å². The normalized spacial score (nSPS) is 6.67. The molecule has 0 bridgehead atoms. The SMILES string of the molecule is CC(=O)/C=C(/C)O.[Cl-].[Cl-].[Cl-].[Cl-].[Nb]. The van der Waals surface area contributed by atoms with E-state index in [-0.39, 0.29) is 83.6 Å². The zero-order valence-corrected chi connectivity index (χ0v) is 11.6. The van der Waals surface area contributed by atoms with E-state index in [2.05, 4.69) is 0 Å². The molecule has 0 spiro atoms. The number of allylic oxidation sites excluding steroid dienone is 2. The summed E-state index contributed by atoms with van der Waals surface area (Å²) in [6.07, 6.45) is 1.17. The summed E-state index contributed by atoms with van der Waals surface area (Å²) in [7, 11) is 0. The fraction of sp³-hybridized carbons (Fsp3) is 0.400. The molecule has 0 aliphatic heterocycles. The zero-order chi connectivity index (χ0) is 5.86. The van der Waals surface area contributed by atoms with Crippen LogP contribution in [0.1, 0.15) is 13.8 Å². The minimum absolute atomic E-state index is 0. The average Bonchev–Trinajstić information content (AvgIpc) is 1.27. The first-order chi connectivity index (χ1) is 3.13. The molecule has 0 saturated carbocycles. The van der Waals surface area contributed by atoms with Crippen molar-refractivity contribution in [1.29, 1.82) is 0 Å². The number of rotatable bonds is 1. The molecule has 0 aromatic heterocycles. The van der Waals surface area contributed by atoms with Crippen LogP contribution < -0.4 is 49.6 Å². The van der Waals surface area contributed by atoms with Gasteiger partial charge in [0.05, 0.1) is 5.76 Å². The van der Waals surface area contributed by atoms with Crippen molar-refractivity contribution in [1.82, 2.24) is 0 Å². The number of ketones is 1. The van der Waals surface area contributed by atoms with Crippen LogP contribution in [0.5, 0.6) is 0 Å². The molecule has 0 saturated heterocycles. The number of hydrogen-bond donors (Lipinski definition) is 1. The maximum Gasteiger partial charge on any atom is 0.155 e. The van der Waals surface area contributed by atoms with E-state index in [1.165, 1.54) is 19.9 Å². The average molecular weight is 335 g/mol. The van der Waals surface area contributed by atoms with Crippen LogP contribution in [0.25, 0.3) is 0 Å². The number of halogens is 4. The first kappa shape index (κ1) is 38.0. The molecular formula is C5H8Cl4NbO2-4. The molecule has 77 valence electrons. The van der Waals surface area contributed by atoms with Gasteiger partial charge in [0.2, 0.25) is 0 Å². The molecule has 0 aromatic carbocycles. The molecule has 0 unspecified atom stereocenters. The summed E-state index contributed by atoms with van der Waals surface area (Å²) >= 11 is 0. The first-order valence-electron chi connectivity index (χ1n) is 2.01. The Morgan fingerprint density at radius 2 is 1.33 bits per heavy atom. The Morgan fingerprint density at radius 3 is 1.33 bits per heavy atom. The van der Waals surface area contributed by atoms with Crippen molar-refractivity contribution in [2.75, 3.05) is 0 Å². The van der Waals surface area contributed by atoms with Crippen LogP contribution in [0.15, 0.2) is 11.8 Å². The predicted octanol–water partition coefficient (Wildman–Crippen LogP) is -10.9. The maximum atomic E-state index is 10.0. The van der Waals surface area contributed by atoms with Crippen molar-refractivity contribution in [2.45, 2.75) is 13.8 Å². The molecule has 7 heteroatoms. The van der Waals surface area contributed by atoms with Gasteiger partial charge in [0, 0.05) is 28.5 Å². The zero-order valence-electron chi connectivity index (χ0n) is 6.39. The van der Waals surface area contributed by atoms with Gasteiger partial charge in [-0.1, -0.05) is 0 Å². The van der Waals surface area contributed by atoms with Gasteiger partial charge in [-0.3, -0.25) is 4.79 Å². The molecule has 1 radical (unpaired) electrons. The van der Waals surface area contributed by atoms with Crippen molar-refractivity contribution < 1.29 is 81.9 Å². The molecule has 2 nitrogen and oxygen atoms in total. The van der Waals surface area contributed by atoms with Crippen LogP contribution >= 0.6 is 0 Å². The van der Waals surface area contributed by atoms with E-state index < -0.39 is 0 Å². The minimum Gasteiger partial charge on any atom is -1.00 e. The van der Waals surface area contributed by atoms with Gasteiger partial charge in [-0.05, 0) is 13.8 Å². The summed E-state index contributed by atoms with van der Waals surface area (Å²) in [5.74, 6) is -0.0625. The van der Waals surface area contributed by atoms with Gasteiger partial charge >= 0.3 is 0 Å². The van der Waals surface area contributed by atoms with Gasteiger partial charge in [-0.15, -0.1) is 0 Å². The molecule has 0 rings (SSSR count). The molecule has 1 N–H and O–H groups in total. The molecule has 0 aliphatic rings. The van der Waals surface area contributed by atoms with E-state index in [0.717, 1.165) is 0 Å². The molecule has 0 heterocycles. The van der Waals surface area contributed by atoms with Crippen LogP contribution in [-0.2, 0) is 27.2 Å². The summed E-state index contributed by atoms with van der Waals surface area (Å²) in [6.45, 7) is 2.85. The van der Waals surface area contributed by atoms with Crippen LogP contribution in [0.3, 0.4) is 0 Å². The quantitative estimate of drug-likeness (QED) is 0.294. The van der Waals surface area contributed by atoms with E-state index >= 15 is 0 Å². The topological polar surface area (TPSA) is 37.3 Å².